The molecule has 0 aromatic carbocycles. The van der Waals surface area contributed by atoms with Gasteiger partial charge in [0.25, 0.3) is 0 Å². The maximum atomic E-state index is 4.70. The van der Waals surface area contributed by atoms with E-state index < -0.39 is 0 Å². The number of nitrogens with zero attached hydrogens (tertiary/aromatic N) is 3. The fraction of sp³-hybridized carbons (Fsp3) is 0.923. The van der Waals surface area contributed by atoms with Gasteiger partial charge in [-0.05, 0) is 25.7 Å². The Hall–Kier alpha value is 1.33. The van der Waals surface area contributed by atoms with E-state index in [2.05, 4.69) is 72.8 Å². The molecular weight excluding hydrogens is 735 g/mol. The van der Waals surface area contributed by atoms with Crippen molar-refractivity contribution >= 4 is 37.2 Å². The Morgan fingerprint density at radius 3 is 1.44 bits per heavy atom. The Morgan fingerprint density at radius 1 is 0.625 bits per heavy atom. The fourth-order valence-corrected chi connectivity index (χ4v) is 4.12. The molecule has 0 radical (unpaired) electrons. The molecule has 192 valence electrons. The fourth-order valence-electron chi connectivity index (χ4n) is 4.12. The predicted octanol–water partition coefficient (Wildman–Crippen LogP) is 6.79. The first-order valence-electron chi connectivity index (χ1n) is 13.6. The van der Waals surface area contributed by atoms with E-state index in [-0.39, 0.29) is 0 Å². The Balaban J connectivity index is 0.00000302. The summed E-state index contributed by atoms with van der Waals surface area (Å²) in [5.74, 6) is 0. The molecular formula is C26H52I3N3. The van der Waals surface area contributed by atoms with Crippen LogP contribution >= 0.6 is 37.2 Å². The van der Waals surface area contributed by atoms with E-state index in [9.17, 15) is 0 Å². The molecule has 0 unspecified atom stereocenters. The average Bonchev–Trinajstić information content (AvgIpc) is 3.24. The zero-order valence-electron chi connectivity index (χ0n) is 21.2. The van der Waals surface area contributed by atoms with Gasteiger partial charge in [0.05, 0.1) is 5.21 Å². The van der Waals surface area contributed by atoms with Crippen molar-refractivity contribution in [3.63, 3.8) is 0 Å². The molecule has 0 spiro atoms. The third-order valence-electron chi connectivity index (χ3n) is 6.12. The maximum absolute atomic E-state index is 4.70. The second-order valence-electron chi connectivity index (χ2n) is 9.13. The zero-order chi connectivity index (χ0) is 23.5. The van der Waals surface area contributed by atoms with Crippen molar-refractivity contribution in [1.29, 1.82) is 0 Å². The van der Waals surface area contributed by atoms with E-state index in [1.807, 2.05) is 0 Å². The van der Waals surface area contributed by atoms with Gasteiger partial charge in [-0.1, -0.05) is 117 Å². The third kappa shape index (κ3) is 24.5. The van der Waals surface area contributed by atoms with Crippen molar-refractivity contribution in [2.75, 3.05) is 0 Å². The van der Waals surface area contributed by atoms with Crippen LogP contribution in [0.15, 0.2) is 12.4 Å². The van der Waals surface area contributed by atoms with E-state index in [0.29, 0.717) is 13.3 Å². The number of aromatic nitrogens is 3. The molecule has 1 rings (SSSR count). The molecule has 1 aromatic heterocycles. The molecule has 1 aromatic rings. The van der Waals surface area contributed by atoms with Gasteiger partial charge in [0, 0.05) is 0 Å². The van der Waals surface area contributed by atoms with Crippen LogP contribution in [-0.2, 0) is 13.1 Å². The first-order chi connectivity index (χ1) is 15.8. The average molecular weight is 787 g/mol. The number of rotatable bonds is 22. The van der Waals surface area contributed by atoms with Crippen molar-refractivity contribution in [2.24, 2.45) is 0 Å². The SMILES string of the molecule is CCCCCCCCCCCCn1cc[n+](CCCCCCCCCCCC)n1.I[I-]I. The van der Waals surface area contributed by atoms with Gasteiger partial charge in [0.2, 0.25) is 0 Å². The van der Waals surface area contributed by atoms with Crippen molar-refractivity contribution in [1.82, 2.24) is 9.90 Å². The Bertz CT molecular complexity index is 430. The monoisotopic (exact) mass is 787 g/mol. The van der Waals surface area contributed by atoms with Gasteiger partial charge >= 0.3 is 50.5 Å². The van der Waals surface area contributed by atoms with Crippen molar-refractivity contribution in [3.8, 4) is 0 Å². The first-order valence-corrected chi connectivity index (χ1v) is 26.2. The van der Waals surface area contributed by atoms with E-state index in [1.54, 1.807) is 0 Å². The molecule has 0 bridgehead atoms. The van der Waals surface area contributed by atoms with Crippen LogP contribution in [0.25, 0.3) is 0 Å². The van der Waals surface area contributed by atoms with Crippen molar-refractivity contribution < 1.29 is 17.9 Å². The summed E-state index contributed by atoms with van der Waals surface area (Å²) in [5, 5.41) is 4.70. The topological polar surface area (TPSA) is 21.7 Å². The summed E-state index contributed by atoms with van der Waals surface area (Å²) in [6.45, 7) is 6.75. The molecule has 0 atom stereocenters. The van der Waals surface area contributed by atoms with Crippen LogP contribution in [0.1, 0.15) is 142 Å². The van der Waals surface area contributed by atoms with Crippen molar-refractivity contribution in [2.45, 2.75) is 155 Å². The van der Waals surface area contributed by atoms with Gasteiger partial charge in [-0.15, -0.1) is 9.36 Å². The van der Waals surface area contributed by atoms with Gasteiger partial charge in [-0.2, -0.15) is 0 Å². The van der Waals surface area contributed by atoms with Gasteiger partial charge in [-0.25, -0.2) is 0 Å². The summed E-state index contributed by atoms with van der Waals surface area (Å²) < 4.78 is 4.28. The summed E-state index contributed by atoms with van der Waals surface area (Å²) in [5.41, 5.74) is 0. The summed E-state index contributed by atoms with van der Waals surface area (Å²) in [6.07, 6.45) is 32.3. The van der Waals surface area contributed by atoms with Crippen LogP contribution < -0.4 is 17.9 Å². The third-order valence-corrected chi connectivity index (χ3v) is 6.12. The first kappa shape index (κ1) is 33.3. The van der Waals surface area contributed by atoms with Crippen LogP contribution in [0.2, 0.25) is 0 Å². The minimum atomic E-state index is 0.530. The van der Waals surface area contributed by atoms with Gasteiger partial charge in [0.15, 0.2) is 12.4 Å². The number of unbranched alkanes of at least 4 members (excludes halogenated alkanes) is 18. The number of hydrogen-bond acceptors (Lipinski definition) is 1. The van der Waals surface area contributed by atoms with Crippen LogP contribution in [0.3, 0.4) is 0 Å². The molecule has 32 heavy (non-hydrogen) atoms. The Kier molecular flexibility index (Phi) is 29.8. The Morgan fingerprint density at radius 2 is 1.00 bits per heavy atom. The van der Waals surface area contributed by atoms with E-state index >= 15 is 0 Å². The predicted molar refractivity (Wildman–Crippen MR) is 154 cm³/mol. The molecule has 1 heterocycles. The molecule has 0 aliphatic rings. The van der Waals surface area contributed by atoms with E-state index in [0.717, 1.165) is 13.1 Å². The molecule has 0 aliphatic heterocycles. The van der Waals surface area contributed by atoms with Crippen LogP contribution in [0.4, 0.5) is 0 Å². The molecule has 0 saturated heterocycles. The summed E-state index contributed by atoms with van der Waals surface area (Å²) >= 11 is 5.30. The van der Waals surface area contributed by atoms with Crippen LogP contribution in [-0.4, -0.2) is 9.90 Å². The zero-order valence-corrected chi connectivity index (χ0v) is 27.7. The van der Waals surface area contributed by atoms with Gasteiger partial charge in [-0.3, -0.25) is 0 Å². The van der Waals surface area contributed by atoms with Gasteiger partial charge < -0.3 is 0 Å². The summed E-state index contributed by atoms with van der Waals surface area (Å²) in [4.78, 5) is 0. The molecule has 0 fully saturated rings. The van der Waals surface area contributed by atoms with Gasteiger partial charge in [0.1, 0.15) is 13.1 Å². The molecule has 3 nitrogen and oxygen atoms in total. The van der Waals surface area contributed by atoms with Crippen LogP contribution in [0, 0.1) is 0 Å². The normalized spacial score (nSPS) is 11.0. The Labute approximate surface area is 230 Å². The summed E-state index contributed by atoms with van der Waals surface area (Å²) in [7, 11) is 0. The van der Waals surface area contributed by atoms with Crippen molar-refractivity contribution in [3.05, 3.63) is 12.4 Å². The molecule has 0 aliphatic carbocycles. The number of hydrogen-bond donors (Lipinski definition) is 0. The van der Waals surface area contributed by atoms with Crippen LogP contribution in [0.5, 0.6) is 0 Å². The second-order valence-corrected chi connectivity index (χ2v) is 25.4. The van der Waals surface area contributed by atoms with E-state index in [1.165, 1.54) is 128 Å². The molecule has 0 N–H and O–H groups in total. The summed E-state index contributed by atoms with van der Waals surface area (Å²) in [6, 6.07) is 0. The minimum absolute atomic E-state index is 0.530. The standard InChI is InChI=1S/C26H52N3.I3/c1-3-5-7-9-11-13-15-17-19-21-23-28-25-26-29(27-28)24-22-20-18-16-14-12-10-8-6-4-2;1-3-2/h25-26H,3-24H2,1-2H3;/q+1;-1. The number of halogens is 3. The second kappa shape index (κ2) is 28.6. The van der Waals surface area contributed by atoms with E-state index in [4.69, 9.17) is 5.21 Å². The molecule has 0 saturated carbocycles. The quantitative estimate of drug-likeness (QED) is 0.0722. The molecule has 6 heteroatoms. The number of aryl methyl sites for hydroxylation is 2. The molecule has 0 amide bonds.